The van der Waals surface area contributed by atoms with Crippen LogP contribution in [0, 0.1) is 11.3 Å². The number of aliphatic imine (C=N–C) groups is 1. The summed E-state index contributed by atoms with van der Waals surface area (Å²) >= 11 is 0. The quantitative estimate of drug-likeness (QED) is 0.833. The van der Waals surface area contributed by atoms with E-state index in [1.54, 1.807) is 29.2 Å². The Balaban J connectivity index is 1.81. The van der Waals surface area contributed by atoms with Gasteiger partial charge in [0, 0.05) is 24.2 Å². The van der Waals surface area contributed by atoms with Crippen molar-refractivity contribution in [3.8, 4) is 6.07 Å². The molecular weight excluding hydrogens is 359 g/mol. The Bertz CT molecular complexity index is 1020. The second kappa shape index (κ2) is 5.66. The largest absolute Gasteiger partial charge is 0.416 e. The lowest BCUT2D eigenvalue weighted by Crippen LogP contribution is -2.48. The maximum Gasteiger partial charge on any atom is 0.416 e. The number of halogens is 3. The van der Waals surface area contributed by atoms with Crippen molar-refractivity contribution in [1.82, 2.24) is 0 Å². The summed E-state index contributed by atoms with van der Waals surface area (Å²) in [4.78, 5) is 18.7. The number of carbonyl (C=O) groups is 1. The molecule has 4 rings (SSSR count). The average molecular weight is 371 g/mol. The topological polar surface area (TPSA) is 76.7 Å². The number of hydrogen-bond acceptors (Lipinski definition) is 5. The highest BCUT2D eigenvalue weighted by Gasteiger charge is 2.52. The van der Waals surface area contributed by atoms with Gasteiger partial charge in [0.15, 0.2) is 5.60 Å². The number of fused-ring (bicyclic) bond motifs is 2. The summed E-state index contributed by atoms with van der Waals surface area (Å²) in [6, 6.07) is 11.3. The highest BCUT2D eigenvalue weighted by molar-refractivity contribution is 6.28. The van der Waals surface area contributed by atoms with Crippen molar-refractivity contribution in [3.63, 3.8) is 0 Å². The molecule has 8 heteroatoms. The van der Waals surface area contributed by atoms with E-state index in [2.05, 4.69) is 4.99 Å². The molecule has 2 aliphatic heterocycles. The fourth-order valence-corrected chi connectivity index (χ4v) is 3.38. The zero-order valence-corrected chi connectivity index (χ0v) is 13.8. The number of Topliss-reactive ketones (excluding diaryl/α,β-unsaturated/α-hetero) is 1. The van der Waals surface area contributed by atoms with E-state index >= 15 is 0 Å². The van der Waals surface area contributed by atoms with Crippen LogP contribution in [0.3, 0.4) is 0 Å². The second-order valence-electron chi connectivity index (χ2n) is 6.41. The first-order valence-electron chi connectivity index (χ1n) is 8.09. The molecule has 136 valence electrons. The van der Waals surface area contributed by atoms with Gasteiger partial charge in [-0.1, -0.05) is 0 Å². The van der Waals surface area contributed by atoms with Crippen LogP contribution in [0.25, 0.3) is 0 Å². The Kier molecular flexibility index (Phi) is 3.61. The minimum atomic E-state index is -4.59. The van der Waals surface area contributed by atoms with Crippen LogP contribution in [0.1, 0.15) is 27.9 Å². The lowest BCUT2D eigenvalue weighted by Gasteiger charge is -2.30. The molecule has 0 radical (unpaired) electrons. The van der Waals surface area contributed by atoms with Crippen molar-refractivity contribution in [2.45, 2.75) is 18.2 Å². The number of amidine groups is 1. The molecule has 1 saturated heterocycles. The maximum atomic E-state index is 13.0. The third-order valence-corrected chi connectivity index (χ3v) is 4.80. The van der Waals surface area contributed by atoms with Gasteiger partial charge in [0.2, 0.25) is 5.78 Å². The molecule has 1 unspecified atom stereocenters. The normalized spacial score (nSPS) is 21.4. The lowest BCUT2D eigenvalue weighted by atomic mass is 9.87. The molecule has 2 aromatic carbocycles. The third-order valence-electron chi connectivity index (χ3n) is 4.80. The second-order valence-corrected chi connectivity index (χ2v) is 6.41. The molecular formula is C19H12F3N3O2. The fourth-order valence-electron chi connectivity index (χ4n) is 3.38. The molecule has 1 fully saturated rings. The number of nitrogens with zero attached hydrogens (tertiary/aromatic N) is 3. The molecule has 1 atom stereocenters. The number of benzene rings is 2. The molecule has 0 aliphatic carbocycles. The van der Waals surface area contributed by atoms with Gasteiger partial charge in [-0.2, -0.15) is 18.4 Å². The molecule has 2 aliphatic rings. The van der Waals surface area contributed by atoms with Gasteiger partial charge in [0.25, 0.3) is 0 Å². The summed E-state index contributed by atoms with van der Waals surface area (Å²) < 4.78 is 38.9. The summed E-state index contributed by atoms with van der Waals surface area (Å²) in [5, 5.41) is 19.8. The van der Waals surface area contributed by atoms with E-state index in [0.717, 1.165) is 18.2 Å². The number of alkyl halides is 3. The fraction of sp³-hybridized carbons (Fsp3) is 0.211. The molecule has 2 heterocycles. The van der Waals surface area contributed by atoms with Crippen molar-refractivity contribution < 1.29 is 23.1 Å². The molecule has 5 nitrogen and oxygen atoms in total. The zero-order chi connectivity index (χ0) is 19.4. The van der Waals surface area contributed by atoms with E-state index in [1.165, 1.54) is 0 Å². The predicted molar refractivity (Wildman–Crippen MR) is 90.9 cm³/mol. The number of carbonyl (C=O) groups excluding carboxylic acids is 1. The molecule has 0 aromatic heterocycles. The number of hydrogen-bond donors (Lipinski definition) is 1. The summed E-state index contributed by atoms with van der Waals surface area (Å²) in [5.74, 6) is -0.700. The Labute approximate surface area is 152 Å². The Hall–Kier alpha value is -3.18. The van der Waals surface area contributed by atoms with Gasteiger partial charge in [0.05, 0.1) is 22.9 Å². The van der Waals surface area contributed by atoms with Gasteiger partial charge < -0.3 is 10.0 Å². The summed E-state index contributed by atoms with van der Waals surface area (Å²) in [6.07, 6.45) is -4.58. The van der Waals surface area contributed by atoms with E-state index in [9.17, 15) is 23.1 Å². The number of ketones is 1. The smallest absolute Gasteiger partial charge is 0.374 e. The number of nitriles is 1. The molecule has 0 bridgehead atoms. The first-order valence-corrected chi connectivity index (χ1v) is 8.09. The zero-order valence-electron chi connectivity index (χ0n) is 13.8. The van der Waals surface area contributed by atoms with Crippen LogP contribution >= 0.6 is 0 Å². The molecule has 0 spiro atoms. The third kappa shape index (κ3) is 2.59. The van der Waals surface area contributed by atoms with Gasteiger partial charge in [-0.25, -0.2) is 4.99 Å². The van der Waals surface area contributed by atoms with Crippen LogP contribution in [0.5, 0.6) is 0 Å². The highest BCUT2D eigenvalue weighted by Crippen LogP contribution is 2.41. The van der Waals surface area contributed by atoms with Crippen LogP contribution in [0.4, 0.5) is 24.5 Å². The van der Waals surface area contributed by atoms with Crippen LogP contribution in [0.15, 0.2) is 47.5 Å². The van der Waals surface area contributed by atoms with Gasteiger partial charge in [0.1, 0.15) is 5.84 Å². The molecule has 0 saturated carbocycles. The molecule has 2 aromatic rings. The Morgan fingerprint density at radius 2 is 1.89 bits per heavy atom. The molecule has 1 N–H and O–H groups in total. The predicted octanol–water partition coefficient (Wildman–Crippen LogP) is 3.44. The summed E-state index contributed by atoms with van der Waals surface area (Å²) in [7, 11) is 0. The monoisotopic (exact) mass is 371 g/mol. The Morgan fingerprint density at radius 3 is 2.52 bits per heavy atom. The lowest BCUT2D eigenvalue weighted by molar-refractivity contribution is -0.137. The number of aliphatic hydroxyl groups is 1. The molecule has 27 heavy (non-hydrogen) atoms. The summed E-state index contributed by atoms with van der Waals surface area (Å²) in [6.45, 7) is 0.271. The van der Waals surface area contributed by atoms with E-state index in [0.29, 0.717) is 11.3 Å². The van der Waals surface area contributed by atoms with Crippen LogP contribution in [0.2, 0.25) is 0 Å². The van der Waals surface area contributed by atoms with Crippen molar-refractivity contribution in [2.24, 2.45) is 4.99 Å². The van der Waals surface area contributed by atoms with E-state index in [1.807, 2.05) is 6.07 Å². The van der Waals surface area contributed by atoms with Gasteiger partial charge in [-0.3, -0.25) is 4.79 Å². The maximum absolute atomic E-state index is 13.0. The first-order chi connectivity index (χ1) is 12.7. The minimum Gasteiger partial charge on any atom is -0.374 e. The van der Waals surface area contributed by atoms with Gasteiger partial charge >= 0.3 is 6.18 Å². The summed E-state index contributed by atoms with van der Waals surface area (Å²) in [5.41, 5.74) is -1.98. The average Bonchev–Trinajstić information content (AvgIpc) is 2.99. The van der Waals surface area contributed by atoms with E-state index in [-0.39, 0.29) is 30.1 Å². The van der Waals surface area contributed by atoms with Crippen LogP contribution in [-0.4, -0.2) is 28.9 Å². The minimum absolute atomic E-state index is 0.0142. The standard InChI is InChI=1S/C19H12F3N3O2/c20-19(21,22)12-3-6-15-14(9-12)16(26)18(27)7-8-25(17(18)24-15)13-4-1-11(10-23)2-5-13/h1-6,9,27H,7-8H2. The van der Waals surface area contributed by atoms with Gasteiger partial charge in [-0.05, 0) is 42.5 Å². The van der Waals surface area contributed by atoms with Crippen molar-refractivity contribution in [2.75, 3.05) is 11.4 Å². The van der Waals surface area contributed by atoms with Crippen molar-refractivity contribution in [1.29, 1.82) is 5.26 Å². The number of rotatable bonds is 1. The van der Waals surface area contributed by atoms with E-state index < -0.39 is 23.1 Å². The van der Waals surface area contributed by atoms with Crippen LogP contribution < -0.4 is 4.90 Å². The highest BCUT2D eigenvalue weighted by atomic mass is 19.4. The van der Waals surface area contributed by atoms with Crippen molar-refractivity contribution in [3.05, 3.63) is 59.2 Å². The molecule has 0 amide bonds. The van der Waals surface area contributed by atoms with Crippen molar-refractivity contribution >= 4 is 23.0 Å². The van der Waals surface area contributed by atoms with Crippen LogP contribution in [-0.2, 0) is 6.18 Å². The first kappa shape index (κ1) is 17.2. The Morgan fingerprint density at radius 1 is 1.19 bits per heavy atom. The van der Waals surface area contributed by atoms with Gasteiger partial charge in [-0.15, -0.1) is 0 Å². The SMILES string of the molecule is N#Cc1ccc(N2CCC3(O)C(=O)c4cc(C(F)(F)F)ccc4N=C23)cc1. The number of anilines is 1. The van der Waals surface area contributed by atoms with E-state index in [4.69, 9.17) is 5.26 Å².